The van der Waals surface area contributed by atoms with Crippen LogP contribution >= 0.6 is 22.9 Å². The fourth-order valence-corrected chi connectivity index (χ4v) is 2.80. The smallest absolute Gasteiger partial charge is 0.360 e. The molecule has 0 aliphatic heterocycles. The summed E-state index contributed by atoms with van der Waals surface area (Å²) in [6, 6.07) is 5.41. The average molecular weight is 485 g/mol. The number of oxime groups is 1. The van der Waals surface area contributed by atoms with Crippen LogP contribution < -0.4 is 5.32 Å². The molecule has 0 saturated carbocycles. The van der Waals surface area contributed by atoms with Crippen molar-refractivity contribution in [2.24, 2.45) is 5.16 Å². The molecule has 0 saturated heterocycles. The third kappa shape index (κ3) is 6.72. The second kappa shape index (κ2) is 10.6. The lowest BCUT2D eigenvalue weighted by Gasteiger charge is -2.20. The molecule has 0 unspecified atom stereocenters. The van der Waals surface area contributed by atoms with Crippen LogP contribution in [0.15, 0.2) is 34.8 Å². The van der Waals surface area contributed by atoms with Crippen LogP contribution in [-0.4, -0.2) is 50.1 Å². The maximum Gasteiger partial charge on any atom is 0.360 e. The van der Waals surface area contributed by atoms with E-state index in [2.05, 4.69) is 15.5 Å². The number of benzene rings is 1. The van der Waals surface area contributed by atoms with E-state index in [1.165, 1.54) is 43.5 Å². The standard InChI is InChI=1S/C18H17ClN4O8S/c1-18(2,16(27)30-8-10-3-5-11(6-4-10)23(28)29)31-22-14(15(25)26)12-9-32-17(20-12)21-13(24)7-19/h3-6,9H,7-8H2,1-2H3,(H,25,26)(H,20,21,24)/b22-14-. The van der Waals surface area contributed by atoms with Crippen LogP contribution in [-0.2, 0) is 30.6 Å². The topological polar surface area (TPSA) is 170 Å². The number of carbonyl (C=O) groups excluding carboxylic acids is 2. The lowest BCUT2D eigenvalue weighted by atomic mass is 10.1. The highest BCUT2D eigenvalue weighted by atomic mass is 35.5. The van der Waals surface area contributed by atoms with Crippen molar-refractivity contribution in [2.75, 3.05) is 11.2 Å². The number of carboxylic acids is 1. The van der Waals surface area contributed by atoms with E-state index in [-0.39, 0.29) is 29.0 Å². The van der Waals surface area contributed by atoms with Gasteiger partial charge in [0.05, 0.1) is 4.92 Å². The molecule has 2 aromatic rings. The number of aromatic nitrogens is 1. The first kappa shape index (κ1) is 24.7. The van der Waals surface area contributed by atoms with Gasteiger partial charge in [0.15, 0.2) is 5.13 Å². The van der Waals surface area contributed by atoms with E-state index in [1.807, 2.05) is 0 Å². The van der Waals surface area contributed by atoms with Crippen LogP contribution in [0.5, 0.6) is 0 Å². The number of nitro groups is 1. The van der Waals surface area contributed by atoms with E-state index in [4.69, 9.17) is 21.2 Å². The molecule has 0 fully saturated rings. The number of hydrogen-bond donors (Lipinski definition) is 2. The van der Waals surface area contributed by atoms with Gasteiger partial charge in [0.25, 0.3) is 5.69 Å². The number of hydrogen-bond acceptors (Lipinski definition) is 10. The maximum atomic E-state index is 12.3. The van der Waals surface area contributed by atoms with Crippen molar-refractivity contribution in [2.45, 2.75) is 26.1 Å². The Balaban J connectivity index is 2.05. The summed E-state index contributed by atoms with van der Waals surface area (Å²) in [6.45, 7) is 2.46. The summed E-state index contributed by atoms with van der Waals surface area (Å²) >= 11 is 6.34. The Morgan fingerprint density at radius 1 is 1.31 bits per heavy atom. The Morgan fingerprint density at radius 3 is 2.53 bits per heavy atom. The highest BCUT2D eigenvalue weighted by Gasteiger charge is 2.33. The molecule has 0 atom stereocenters. The first-order valence-corrected chi connectivity index (χ1v) is 10.2. The monoisotopic (exact) mass is 484 g/mol. The highest BCUT2D eigenvalue weighted by Crippen LogP contribution is 2.19. The Labute approximate surface area is 189 Å². The van der Waals surface area contributed by atoms with Gasteiger partial charge < -0.3 is 20.0 Å². The molecule has 0 bridgehead atoms. The van der Waals surface area contributed by atoms with E-state index in [0.29, 0.717) is 5.56 Å². The molecule has 0 aliphatic carbocycles. The molecule has 0 spiro atoms. The zero-order valence-corrected chi connectivity index (χ0v) is 18.3. The van der Waals surface area contributed by atoms with E-state index < -0.39 is 34.1 Å². The van der Waals surface area contributed by atoms with Crippen LogP contribution in [0, 0.1) is 10.1 Å². The Morgan fingerprint density at radius 2 is 1.97 bits per heavy atom. The molecule has 1 heterocycles. The van der Waals surface area contributed by atoms with Crippen LogP contribution in [0.1, 0.15) is 25.1 Å². The van der Waals surface area contributed by atoms with Crippen LogP contribution in [0.2, 0.25) is 0 Å². The predicted octanol–water partition coefficient (Wildman–Crippen LogP) is 2.56. The molecule has 170 valence electrons. The van der Waals surface area contributed by atoms with Crippen molar-refractivity contribution in [1.29, 1.82) is 0 Å². The summed E-state index contributed by atoms with van der Waals surface area (Å²) in [4.78, 5) is 54.4. The summed E-state index contributed by atoms with van der Waals surface area (Å²) in [7, 11) is 0. The van der Waals surface area contributed by atoms with Gasteiger partial charge >= 0.3 is 11.9 Å². The summed E-state index contributed by atoms with van der Waals surface area (Å²) in [5, 5.41) is 27.4. The number of carbonyl (C=O) groups is 3. The number of amides is 1. The number of non-ortho nitro benzene ring substituents is 1. The van der Waals surface area contributed by atoms with Crippen LogP contribution in [0.3, 0.4) is 0 Å². The van der Waals surface area contributed by atoms with Gasteiger partial charge in [0, 0.05) is 17.5 Å². The molecular weight excluding hydrogens is 468 g/mol. The number of esters is 1. The molecule has 2 N–H and O–H groups in total. The number of rotatable bonds is 10. The quantitative estimate of drug-likeness (QED) is 0.169. The lowest BCUT2D eigenvalue weighted by Crippen LogP contribution is -2.36. The third-order valence-electron chi connectivity index (χ3n) is 3.69. The summed E-state index contributed by atoms with van der Waals surface area (Å²) in [5.74, 6) is -3.14. The van der Waals surface area contributed by atoms with Gasteiger partial charge in [-0.05, 0) is 31.5 Å². The highest BCUT2D eigenvalue weighted by molar-refractivity contribution is 7.14. The second-order valence-corrected chi connectivity index (χ2v) is 7.69. The zero-order valence-electron chi connectivity index (χ0n) is 16.7. The fourth-order valence-electron chi connectivity index (χ4n) is 2.02. The van der Waals surface area contributed by atoms with Gasteiger partial charge in [-0.15, -0.1) is 22.9 Å². The fraction of sp³-hybridized carbons (Fsp3) is 0.278. The van der Waals surface area contributed by atoms with Gasteiger partial charge in [-0.2, -0.15) is 0 Å². The third-order valence-corrected chi connectivity index (χ3v) is 4.69. The molecule has 0 radical (unpaired) electrons. The first-order valence-electron chi connectivity index (χ1n) is 8.75. The molecule has 2 rings (SSSR count). The number of ether oxygens (including phenoxy) is 1. The molecule has 32 heavy (non-hydrogen) atoms. The van der Waals surface area contributed by atoms with Crippen molar-refractivity contribution in [1.82, 2.24) is 4.98 Å². The molecule has 1 amide bonds. The molecule has 14 heteroatoms. The minimum atomic E-state index is -1.66. The van der Waals surface area contributed by atoms with E-state index in [1.54, 1.807) is 0 Å². The number of nitrogens with zero attached hydrogens (tertiary/aromatic N) is 3. The van der Waals surface area contributed by atoms with E-state index in [9.17, 15) is 29.6 Å². The summed E-state index contributed by atoms with van der Waals surface area (Å²) < 4.78 is 5.13. The molecular formula is C18H17ClN4O8S. The second-order valence-electron chi connectivity index (χ2n) is 6.57. The molecule has 0 aliphatic rings. The number of carboxylic acid groups (broad SMARTS) is 1. The van der Waals surface area contributed by atoms with Crippen molar-refractivity contribution >= 4 is 57.3 Å². The van der Waals surface area contributed by atoms with Crippen LogP contribution in [0.4, 0.5) is 10.8 Å². The van der Waals surface area contributed by atoms with Gasteiger partial charge in [0.1, 0.15) is 18.2 Å². The van der Waals surface area contributed by atoms with Gasteiger partial charge in [-0.3, -0.25) is 14.9 Å². The Kier molecular flexibility index (Phi) is 8.21. The number of halogens is 1. The van der Waals surface area contributed by atoms with Crippen LogP contribution in [0.25, 0.3) is 0 Å². The normalized spacial score (nSPS) is 11.5. The number of alkyl halides is 1. The minimum absolute atomic E-state index is 0.0950. The number of nitro benzene ring substituents is 1. The Bertz CT molecular complexity index is 1050. The average Bonchev–Trinajstić information content (AvgIpc) is 3.19. The number of nitrogens with one attached hydrogen (secondary N) is 1. The van der Waals surface area contributed by atoms with Gasteiger partial charge in [0.2, 0.25) is 17.2 Å². The number of anilines is 1. The minimum Gasteiger partial charge on any atom is -0.476 e. The van der Waals surface area contributed by atoms with Crippen molar-refractivity contribution in [3.05, 3.63) is 51.0 Å². The van der Waals surface area contributed by atoms with Crippen molar-refractivity contribution in [3.63, 3.8) is 0 Å². The van der Waals surface area contributed by atoms with Crippen molar-refractivity contribution < 1.29 is 34.0 Å². The summed E-state index contributed by atoms with van der Waals surface area (Å²) in [5.41, 5.74) is -1.95. The maximum absolute atomic E-state index is 12.3. The number of thiazole rings is 1. The molecule has 1 aromatic carbocycles. The van der Waals surface area contributed by atoms with Gasteiger partial charge in [-0.1, -0.05) is 5.16 Å². The largest absolute Gasteiger partial charge is 0.476 e. The SMILES string of the molecule is CC(C)(O/N=C(\C(=O)O)c1csc(NC(=O)CCl)n1)C(=O)OCc1ccc([N+](=O)[O-])cc1. The van der Waals surface area contributed by atoms with Crippen molar-refractivity contribution in [3.8, 4) is 0 Å². The number of aliphatic carboxylic acids is 1. The van der Waals surface area contributed by atoms with E-state index >= 15 is 0 Å². The molecule has 1 aromatic heterocycles. The first-order chi connectivity index (χ1) is 15.0. The Hall–Kier alpha value is -3.58. The van der Waals surface area contributed by atoms with Gasteiger partial charge in [-0.25, -0.2) is 14.6 Å². The summed E-state index contributed by atoms with van der Waals surface area (Å²) in [6.07, 6.45) is 0. The van der Waals surface area contributed by atoms with E-state index in [0.717, 1.165) is 11.3 Å². The predicted molar refractivity (Wildman–Crippen MR) is 114 cm³/mol. The molecule has 12 nitrogen and oxygen atoms in total. The lowest BCUT2D eigenvalue weighted by molar-refractivity contribution is -0.384. The zero-order chi connectivity index (χ0) is 23.9.